The van der Waals surface area contributed by atoms with Gasteiger partial charge in [0.25, 0.3) is 0 Å². The summed E-state index contributed by atoms with van der Waals surface area (Å²) in [5.74, 6) is 1.25. The number of nitrogens with two attached hydrogens (primary N) is 1. The highest BCUT2D eigenvalue weighted by Crippen LogP contribution is 2.15. The van der Waals surface area contributed by atoms with Crippen LogP contribution in [-0.4, -0.2) is 21.6 Å². The number of rotatable bonds is 5. The number of nitrogens with zero attached hydrogens (tertiary/aromatic N) is 3. The lowest BCUT2D eigenvalue weighted by atomic mass is 10.3. The third-order valence-corrected chi connectivity index (χ3v) is 2.42. The van der Waals surface area contributed by atoms with E-state index in [2.05, 4.69) is 10.3 Å². The average Bonchev–Trinajstić information content (AvgIpc) is 2.73. The quantitative estimate of drug-likeness (QED) is 0.827. The first-order valence-electron chi connectivity index (χ1n) is 5.28. The van der Waals surface area contributed by atoms with Crippen LogP contribution in [0.5, 0.6) is 5.75 Å². The van der Waals surface area contributed by atoms with Crippen molar-refractivity contribution in [1.82, 2.24) is 15.0 Å². The van der Waals surface area contributed by atoms with Crippen molar-refractivity contribution in [2.24, 2.45) is 0 Å². The van der Waals surface area contributed by atoms with E-state index in [0.717, 1.165) is 18.7 Å². The molecule has 5 nitrogen and oxygen atoms in total. The summed E-state index contributed by atoms with van der Waals surface area (Å²) in [6, 6.07) is 7.29. The number of nitrogen functional groups attached to an aromatic ring is 1. The molecule has 1 aromatic carbocycles. The standard InChI is InChI=1S/C11H13ClN4O/c12-9-2-4-10(5-3-9)17-7-1-6-16-8-11(13)14-15-16/h2-5,8H,1,6-7,13H2. The summed E-state index contributed by atoms with van der Waals surface area (Å²) in [5.41, 5.74) is 5.45. The molecule has 0 unspecified atom stereocenters. The number of aryl methyl sites for hydroxylation is 1. The fourth-order valence-corrected chi connectivity index (χ4v) is 1.50. The Morgan fingerprint density at radius 2 is 2.06 bits per heavy atom. The number of benzene rings is 1. The van der Waals surface area contributed by atoms with Gasteiger partial charge in [-0.25, -0.2) is 0 Å². The van der Waals surface area contributed by atoms with E-state index >= 15 is 0 Å². The second-order valence-electron chi connectivity index (χ2n) is 3.56. The van der Waals surface area contributed by atoms with Crippen molar-refractivity contribution < 1.29 is 4.74 Å². The van der Waals surface area contributed by atoms with Gasteiger partial charge in [0.1, 0.15) is 5.75 Å². The predicted molar refractivity (Wildman–Crippen MR) is 66.0 cm³/mol. The fourth-order valence-electron chi connectivity index (χ4n) is 1.37. The highest BCUT2D eigenvalue weighted by atomic mass is 35.5. The summed E-state index contributed by atoms with van der Waals surface area (Å²) in [4.78, 5) is 0. The molecule has 2 N–H and O–H groups in total. The van der Waals surface area contributed by atoms with E-state index in [4.69, 9.17) is 22.1 Å². The average molecular weight is 253 g/mol. The lowest BCUT2D eigenvalue weighted by Gasteiger charge is -2.05. The number of anilines is 1. The van der Waals surface area contributed by atoms with Crippen LogP contribution in [0.25, 0.3) is 0 Å². The molecule has 90 valence electrons. The van der Waals surface area contributed by atoms with E-state index in [1.807, 2.05) is 12.1 Å². The van der Waals surface area contributed by atoms with Crippen LogP contribution >= 0.6 is 11.6 Å². The minimum absolute atomic E-state index is 0.434. The van der Waals surface area contributed by atoms with Crippen LogP contribution in [0.4, 0.5) is 5.82 Å². The van der Waals surface area contributed by atoms with Gasteiger partial charge >= 0.3 is 0 Å². The topological polar surface area (TPSA) is 66.0 Å². The normalized spacial score (nSPS) is 10.4. The summed E-state index contributed by atoms with van der Waals surface area (Å²) in [5, 5.41) is 8.24. The van der Waals surface area contributed by atoms with E-state index in [1.54, 1.807) is 23.0 Å². The van der Waals surface area contributed by atoms with Crippen LogP contribution in [0, 0.1) is 0 Å². The van der Waals surface area contributed by atoms with Crippen LogP contribution in [0.1, 0.15) is 6.42 Å². The molecule has 0 radical (unpaired) electrons. The van der Waals surface area contributed by atoms with E-state index in [1.165, 1.54) is 0 Å². The molecule has 2 aromatic rings. The molecular weight excluding hydrogens is 240 g/mol. The first kappa shape index (κ1) is 11.7. The molecule has 0 atom stereocenters. The van der Waals surface area contributed by atoms with Gasteiger partial charge in [-0.3, -0.25) is 4.68 Å². The van der Waals surface area contributed by atoms with Gasteiger partial charge in [0.2, 0.25) is 0 Å². The Bertz CT molecular complexity index is 469. The largest absolute Gasteiger partial charge is 0.494 e. The smallest absolute Gasteiger partial charge is 0.165 e. The molecule has 0 bridgehead atoms. The lowest BCUT2D eigenvalue weighted by molar-refractivity contribution is 0.298. The Balaban J connectivity index is 1.71. The van der Waals surface area contributed by atoms with Crippen molar-refractivity contribution in [3.8, 4) is 5.75 Å². The molecule has 0 saturated carbocycles. The fraction of sp³-hybridized carbons (Fsp3) is 0.273. The second kappa shape index (κ2) is 5.54. The number of halogens is 1. The Morgan fingerprint density at radius 1 is 1.29 bits per heavy atom. The van der Waals surface area contributed by atoms with E-state index in [0.29, 0.717) is 17.4 Å². The summed E-state index contributed by atoms with van der Waals surface area (Å²) < 4.78 is 7.23. The van der Waals surface area contributed by atoms with E-state index in [9.17, 15) is 0 Å². The molecule has 0 aliphatic rings. The third-order valence-electron chi connectivity index (χ3n) is 2.17. The highest BCUT2D eigenvalue weighted by molar-refractivity contribution is 6.30. The Morgan fingerprint density at radius 3 is 2.71 bits per heavy atom. The van der Waals surface area contributed by atoms with Gasteiger partial charge in [0.05, 0.1) is 12.8 Å². The lowest BCUT2D eigenvalue weighted by Crippen LogP contribution is -2.05. The van der Waals surface area contributed by atoms with Crippen LogP contribution in [-0.2, 0) is 6.54 Å². The van der Waals surface area contributed by atoms with Crippen molar-refractivity contribution in [3.63, 3.8) is 0 Å². The molecule has 6 heteroatoms. The zero-order valence-electron chi connectivity index (χ0n) is 9.21. The van der Waals surface area contributed by atoms with Crippen molar-refractivity contribution in [2.75, 3.05) is 12.3 Å². The number of hydrogen-bond acceptors (Lipinski definition) is 4. The molecule has 17 heavy (non-hydrogen) atoms. The minimum atomic E-state index is 0.434. The highest BCUT2D eigenvalue weighted by Gasteiger charge is 1.97. The van der Waals surface area contributed by atoms with Gasteiger partial charge < -0.3 is 10.5 Å². The third kappa shape index (κ3) is 3.64. The van der Waals surface area contributed by atoms with Crippen LogP contribution in [0.2, 0.25) is 5.02 Å². The van der Waals surface area contributed by atoms with Crippen LogP contribution < -0.4 is 10.5 Å². The first-order chi connectivity index (χ1) is 8.24. The molecular formula is C11H13ClN4O. The maximum Gasteiger partial charge on any atom is 0.165 e. The van der Waals surface area contributed by atoms with E-state index in [-0.39, 0.29) is 0 Å². The van der Waals surface area contributed by atoms with Gasteiger partial charge in [0, 0.05) is 18.0 Å². The summed E-state index contributed by atoms with van der Waals surface area (Å²) in [7, 11) is 0. The molecule has 0 amide bonds. The van der Waals surface area contributed by atoms with Crippen molar-refractivity contribution in [3.05, 3.63) is 35.5 Å². The van der Waals surface area contributed by atoms with Crippen LogP contribution in [0.15, 0.2) is 30.5 Å². The zero-order valence-corrected chi connectivity index (χ0v) is 9.97. The summed E-state index contributed by atoms with van der Waals surface area (Å²) in [6.07, 6.45) is 2.54. The minimum Gasteiger partial charge on any atom is -0.494 e. The Kier molecular flexibility index (Phi) is 3.82. The first-order valence-corrected chi connectivity index (χ1v) is 5.66. The zero-order chi connectivity index (χ0) is 12.1. The molecule has 0 saturated heterocycles. The van der Waals surface area contributed by atoms with Crippen molar-refractivity contribution in [1.29, 1.82) is 0 Å². The molecule has 0 aliphatic carbocycles. The Labute approximate surface area is 104 Å². The van der Waals surface area contributed by atoms with E-state index < -0.39 is 0 Å². The number of ether oxygens (including phenoxy) is 1. The maximum absolute atomic E-state index is 5.77. The van der Waals surface area contributed by atoms with Gasteiger partial charge in [-0.2, -0.15) is 0 Å². The van der Waals surface area contributed by atoms with Crippen molar-refractivity contribution in [2.45, 2.75) is 13.0 Å². The SMILES string of the molecule is Nc1cn(CCCOc2ccc(Cl)cc2)nn1. The van der Waals surface area contributed by atoms with Gasteiger partial charge in [-0.1, -0.05) is 16.8 Å². The monoisotopic (exact) mass is 252 g/mol. The van der Waals surface area contributed by atoms with Gasteiger partial charge in [-0.15, -0.1) is 5.10 Å². The molecule has 2 rings (SSSR count). The number of aromatic nitrogens is 3. The molecule has 0 aliphatic heterocycles. The molecule has 0 spiro atoms. The van der Waals surface area contributed by atoms with Crippen LogP contribution in [0.3, 0.4) is 0 Å². The summed E-state index contributed by atoms with van der Waals surface area (Å²) in [6.45, 7) is 1.35. The Hall–Kier alpha value is -1.75. The van der Waals surface area contributed by atoms with Gasteiger partial charge in [0.15, 0.2) is 5.82 Å². The van der Waals surface area contributed by atoms with Crippen molar-refractivity contribution >= 4 is 17.4 Å². The van der Waals surface area contributed by atoms with Gasteiger partial charge in [-0.05, 0) is 24.3 Å². The maximum atomic E-state index is 5.77. The molecule has 1 aromatic heterocycles. The summed E-state index contributed by atoms with van der Waals surface area (Å²) >= 11 is 5.77. The molecule has 1 heterocycles. The molecule has 0 fully saturated rings. The predicted octanol–water partition coefficient (Wildman–Crippen LogP) is 1.98. The number of hydrogen-bond donors (Lipinski definition) is 1. The second-order valence-corrected chi connectivity index (χ2v) is 4.00.